The first kappa shape index (κ1) is 23.9. The molecule has 0 aromatic heterocycles. The van der Waals surface area contributed by atoms with Crippen molar-refractivity contribution in [3.05, 3.63) is 24.0 Å². The summed E-state index contributed by atoms with van der Waals surface area (Å²) in [5, 5.41) is 3.67. The van der Waals surface area contributed by atoms with Gasteiger partial charge in [-0.05, 0) is 68.2 Å². The Morgan fingerprint density at radius 2 is 1.88 bits per heavy atom. The average molecular weight is 510 g/mol. The number of benzene rings is 1. The minimum absolute atomic E-state index is 0.0124. The molecule has 0 bridgehead atoms. The van der Waals surface area contributed by atoms with Gasteiger partial charge in [0.2, 0.25) is 5.91 Å². The number of nitrogens with one attached hydrogen (secondary N) is 2. The van der Waals surface area contributed by atoms with Gasteiger partial charge in [-0.25, -0.2) is 22.5 Å². The molecule has 2 N–H and O–H groups in total. The molecule has 11 heteroatoms. The summed E-state index contributed by atoms with van der Waals surface area (Å²) in [5.41, 5.74) is 0.174. The van der Waals surface area contributed by atoms with E-state index in [1.165, 1.54) is 12.1 Å². The highest BCUT2D eigenvalue weighted by atomic mass is 32.2. The topological polar surface area (TPSA) is 94.1 Å². The van der Waals surface area contributed by atoms with Crippen molar-refractivity contribution in [1.29, 1.82) is 0 Å². The summed E-state index contributed by atoms with van der Waals surface area (Å²) in [4.78, 5) is 22.1. The fourth-order valence-corrected chi connectivity index (χ4v) is 7.53. The van der Waals surface area contributed by atoms with E-state index in [0.717, 1.165) is 37.2 Å². The Balaban J connectivity index is 1.17. The van der Waals surface area contributed by atoms with Crippen molar-refractivity contribution >= 4 is 38.5 Å². The molecular weight excluding hydrogens is 477 g/mol. The molecule has 4 aliphatic rings. The molecule has 2 atom stereocenters. The first-order valence-electron chi connectivity index (χ1n) is 12.1. The maximum atomic E-state index is 14.7. The summed E-state index contributed by atoms with van der Waals surface area (Å²) < 4.78 is 42.8. The highest BCUT2D eigenvalue weighted by Crippen LogP contribution is 2.35. The lowest BCUT2D eigenvalue weighted by Crippen LogP contribution is -2.48. The van der Waals surface area contributed by atoms with Gasteiger partial charge in [-0.3, -0.25) is 4.79 Å². The predicted octanol–water partition coefficient (Wildman–Crippen LogP) is 2.83. The number of amides is 1. The van der Waals surface area contributed by atoms with Crippen LogP contribution in [-0.2, 0) is 14.6 Å². The number of aliphatic imine (C=N–C) groups is 1. The third-order valence-corrected chi connectivity index (χ3v) is 10.3. The lowest BCUT2D eigenvalue weighted by Gasteiger charge is -2.37. The van der Waals surface area contributed by atoms with Crippen molar-refractivity contribution in [3.63, 3.8) is 0 Å². The van der Waals surface area contributed by atoms with E-state index in [0.29, 0.717) is 31.7 Å². The Morgan fingerprint density at radius 1 is 1.15 bits per heavy atom. The minimum Gasteiger partial charge on any atom is -0.371 e. The van der Waals surface area contributed by atoms with E-state index in [4.69, 9.17) is 4.99 Å². The Kier molecular flexibility index (Phi) is 6.54. The molecule has 34 heavy (non-hydrogen) atoms. The van der Waals surface area contributed by atoms with Gasteiger partial charge in [0.1, 0.15) is 18.0 Å². The van der Waals surface area contributed by atoms with Gasteiger partial charge in [0.25, 0.3) is 0 Å². The Labute approximate surface area is 204 Å². The highest BCUT2D eigenvalue weighted by molar-refractivity contribution is 8.12. The number of sulfone groups is 1. The van der Waals surface area contributed by atoms with Crippen molar-refractivity contribution in [3.8, 4) is 0 Å². The molecule has 0 spiro atoms. The summed E-state index contributed by atoms with van der Waals surface area (Å²) in [6.45, 7) is 6.66. The van der Waals surface area contributed by atoms with Gasteiger partial charge < -0.3 is 15.1 Å². The van der Waals surface area contributed by atoms with Crippen LogP contribution in [0, 0.1) is 11.7 Å². The van der Waals surface area contributed by atoms with E-state index in [1.807, 2.05) is 4.90 Å². The Morgan fingerprint density at radius 3 is 2.50 bits per heavy atom. The second-order valence-corrected chi connectivity index (χ2v) is 13.0. The van der Waals surface area contributed by atoms with Crippen LogP contribution in [0.3, 0.4) is 0 Å². The van der Waals surface area contributed by atoms with Crippen molar-refractivity contribution < 1.29 is 17.6 Å². The first-order valence-corrected chi connectivity index (χ1v) is 14.5. The van der Waals surface area contributed by atoms with Gasteiger partial charge in [-0.1, -0.05) is 13.8 Å². The SMILES string of the molecule is CC(C)C1N=C(N2CCC(N3CCC(Nc4ccc(S(=O)(=O)C5CC5)cc4F)C3=O)CC2)SN1. The first-order chi connectivity index (χ1) is 16.2. The molecule has 1 aliphatic carbocycles. The number of hydrogen-bond acceptors (Lipinski definition) is 8. The zero-order chi connectivity index (χ0) is 24.0. The number of rotatable bonds is 6. The molecule has 186 valence electrons. The van der Waals surface area contributed by atoms with Crippen LogP contribution in [-0.4, -0.2) is 72.4 Å². The fourth-order valence-electron chi connectivity index (χ4n) is 4.83. The second kappa shape index (κ2) is 9.31. The van der Waals surface area contributed by atoms with E-state index in [-0.39, 0.29) is 33.9 Å². The third-order valence-electron chi connectivity index (χ3n) is 7.13. The molecule has 3 heterocycles. The molecule has 1 saturated carbocycles. The normalized spacial score (nSPS) is 26.5. The highest BCUT2D eigenvalue weighted by Gasteiger charge is 2.39. The number of amidine groups is 1. The molecule has 1 aromatic rings. The summed E-state index contributed by atoms with van der Waals surface area (Å²) in [6, 6.07) is 3.63. The number of nitrogens with zero attached hydrogens (tertiary/aromatic N) is 3. The number of hydrogen-bond donors (Lipinski definition) is 2. The summed E-state index contributed by atoms with van der Waals surface area (Å²) >= 11 is 1.59. The number of piperidine rings is 1. The van der Waals surface area contributed by atoms with Crippen LogP contribution in [0.25, 0.3) is 0 Å². The number of carbonyl (C=O) groups is 1. The van der Waals surface area contributed by atoms with Crippen LogP contribution >= 0.6 is 11.9 Å². The monoisotopic (exact) mass is 509 g/mol. The van der Waals surface area contributed by atoms with Crippen LogP contribution in [0.4, 0.5) is 10.1 Å². The van der Waals surface area contributed by atoms with Crippen LogP contribution < -0.4 is 10.0 Å². The van der Waals surface area contributed by atoms with Gasteiger partial charge in [0, 0.05) is 25.7 Å². The molecule has 8 nitrogen and oxygen atoms in total. The van der Waals surface area contributed by atoms with Crippen LogP contribution in [0.5, 0.6) is 0 Å². The minimum atomic E-state index is -3.45. The van der Waals surface area contributed by atoms with Crippen LogP contribution in [0.2, 0.25) is 0 Å². The number of halogens is 1. The Bertz CT molecular complexity index is 1080. The lowest BCUT2D eigenvalue weighted by molar-refractivity contribution is -0.130. The van der Waals surface area contributed by atoms with Crippen LogP contribution in [0.1, 0.15) is 46.0 Å². The maximum Gasteiger partial charge on any atom is 0.245 e. The van der Waals surface area contributed by atoms with Gasteiger partial charge in [0.15, 0.2) is 15.0 Å². The van der Waals surface area contributed by atoms with Crippen molar-refractivity contribution in [2.45, 2.75) is 74.3 Å². The van der Waals surface area contributed by atoms with E-state index in [1.54, 1.807) is 11.9 Å². The van der Waals surface area contributed by atoms with Crippen molar-refractivity contribution in [2.75, 3.05) is 25.0 Å². The molecule has 1 amide bonds. The van der Waals surface area contributed by atoms with E-state index in [2.05, 4.69) is 28.8 Å². The zero-order valence-electron chi connectivity index (χ0n) is 19.5. The lowest BCUT2D eigenvalue weighted by atomic mass is 10.0. The summed E-state index contributed by atoms with van der Waals surface area (Å²) in [6.07, 6.45) is 3.78. The quantitative estimate of drug-likeness (QED) is 0.570. The van der Waals surface area contributed by atoms with E-state index >= 15 is 0 Å². The standard InChI is InChI=1S/C23H32FN5O3S2/c1-14(2)21-26-23(33-27-21)28-10-7-15(8-11-28)29-12-9-20(22(29)30)25-19-6-5-17(13-18(19)24)34(31,32)16-3-4-16/h5-6,13-16,20-21,25,27H,3-4,7-12H2,1-2H3. The summed E-state index contributed by atoms with van der Waals surface area (Å²) in [5.74, 6) is -0.205. The Hall–Kier alpha value is -1.85. The smallest absolute Gasteiger partial charge is 0.245 e. The summed E-state index contributed by atoms with van der Waals surface area (Å²) in [7, 11) is -3.45. The molecule has 2 unspecified atom stereocenters. The molecule has 0 radical (unpaired) electrons. The van der Waals surface area contributed by atoms with Gasteiger partial charge in [-0.15, -0.1) is 0 Å². The molecule has 5 rings (SSSR count). The maximum absolute atomic E-state index is 14.7. The second-order valence-electron chi connectivity index (χ2n) is 9.94. The van der Waals surface area contributed by atoms with Crippen molar-refractivity contribution in [2.24, 2.45) is 10.9 Å². The largest absolute Gasteiger partial charge is 0.371 e. The number of anilines is 1. The molecular formula is C23H32FN5O3S2. The van der Waals surface area contributed by atoms with E-state index in [9.17, 15) is 17.6 Å². The fraction of sp³-hybridized carbons (Fsp3) is 0.652. The zero-order valence-corrected chi connectivity index (χ0v) is 21.2. The van der Waals surface area contributed by atoms with Gasteiger partial charge >= 0.3 is 0 Å². The van der Waals surface area contributed by atoms with E-state index < -0.39 is 21.7 Å². The average Bonchev–Trinajstić information content (AvgIpc) is 3.46. The van der Waals surface area contributed by atoms with Crippen LogP contribution in [0.15, 0.2) is 28.1 Å². The van der Waals surface area contributed by atoms with Gasteiger partial charge in [0.05, 0.1) is 15.8 Å². The molecule has 3 fully saturated rings. The number of carbonyl (C=O) groups excluding carboxylic acids is 1. The number of likely N-dealkylation sites (tertiary alicyclic amines) is 2. The van der Waals surface area contributed by atoms with Crippen molar-refractivity contribution in [1.82, 2.24) is 14.5 Å². The third kappa shape index (κ3) is 4.66. The molecule has 3 aliphatic heterocycles. The predicted molar refractivity (Wildman–Crippen MR) is 132 cm³/mol. The molecule has 1 aromatic carbocycles. The molecule has 2 saturated heterocycles. The van der Waals surface area contributed by atoms with Gasteiger partial charge in [-0.2, -0.15) is 0 Å².